The van der Waals surface area contributed by atoms with E-state index in [2.05, 4.69) is 24.3 Å². The molecule has 0 aliphatic carbocycles. The quantitative estimate of drug-likeness (QED) is 0.560. The summed E-state index contributed by atoms with van der Waals surface area (Å²) < 4.78 is 0. The van der Waals surface area contributed by atoms with Crippen molar-refractivity contribution in [2.24, 2.45) is 0 Å². The molecule has 0 bridgehead atoms. The van der Waals surface area contributed by atoms with Gasteiger partial charge in [-0.1, -0.05) is 6.08 Å². The first kappa shape index (κ1) is 8.50. The number of hydrogen-bond donors (Lipinski definition) is 1. The average molecular weight is 128 g/mol. The zero-order valence-electron chi connectivity index (χ0n) is 6.52. The predicted octanol–water partition coefficient (Wildman–Crippen LogP) is 0.671. The molecule has 0 fully saturated rings. The molecule has 0 rings (SSSR count). The normalized spacial score (nSPS) is 11.1. The lowest BCUT2D eigenvalue weighted by molar-refractivity contribution is 0.410. The molecule has 0 aliphatic heterocycles. The first-order valence-corrected chi connectivity index (χ1v) is 3.26. The second kappa shape index (κ2) is 5.63. The number of hydrogen-bond acceptors (Lipinski definition) is 2. The Morgan fingerprint density at radius 2 is 2.11 bits per heavy atom. The largest absolute Gasteiger partial charge is 0.390 e. The van der Waals surface area contributed by atoms with Gasteiger partial charge in [0, 0.05) is 13.1 Å². The maximum absolute atomic E-state index is 3.14. The molecular formula is C7H16N2. The summed E-state index contributed by atoms with van der Waals surface area (Å²) in [5, 5.41) is 3.14. The number of rotatable bonds is 4. The predicted molar refractivity (Wildman–Crippen MR) is 41.4 cm³/mol. The van der Waals surface area contributed by atoms with Crippen molar-refractivity contribution in [2.75, 3.05) is 27.2 Å². The molecule has 0 aliphatic rings. The van der Waals surface area contributed by atoms with Crippen LogP contribution in [0, 0.1) is 0 Å². The van der Waals surface area contributed by atoms with E-state index in [1.165, 1.54) is 0 Å². The third kappa shape index (κ3) is 7.50. The highest BCUT2D eigenvalue weighted by atomic mass is 15.1. The number of allylic oxidation sites excluding steroid dienone is 1. The maximum Gasteiger partial charge on any atom is 0.0268 e. The van der Waals surface area contributed by atoms with Gasteiger partial charge in [0.15, 0.2) is 0 Å². The second-order valence-electron chi connectivity index (χ2n) is 2.26. The van der Waals surface area contributed by atoms with Crippen molar-refractivity contribution in [3.63, 3.8) is 0 Å². The average Bonchev–Trinajstić information content (AvgIpc) is 1.80. The molecule has 2 nitrogen and oxygen atoms in total. The first-order valence-electron chi connectivity index (χ1n) is 3.26. The van der Waals surface area contributed by atoms with Gasteiger partial charge in [0.2, 0.25) is 0 Å². The molecule has 0 heterocycles. The van der Waals surface area contributed by atoms with E-state index in [1.54, 1.807) is 0 Å². The molecule has 2 heteroatoms. The molecule has 1 N–H and O–H groups in total. The smallest absolute Gasteiger partial charge is 0.0268 e. The van der Waals surface area contributed by atoms with Crippen LogP contribution in [0.4, 0.5) is 0 Å². The van der Waals surface area contributed by atoms with E-state index in [1.807, 2.05) is 19.2 Å². The van der Waals surface area contributed by atoms with Crippen LogP contribution in [-0.2, 0) is 0 Å². The van der Waals surface area contributed by atoms with Crippen LogP contribution >= 0.6 is 0 Å². The van der Waals surface area contributed by atoms with Crippen LogP contribution in [-0.4, -0.2) is 32.1 Å². The third-order valence-corrected chi connectivity index (χ3v) is 0.988. The Bertz CT molecular complexity index is 77.0. The summed E-state index contributed by atoms with van der Waals surface area (Å²) in [6.07, 6.45) is 3.96. The van der Waals surface area contributed by atoms with E-state index < -0.39 is 0 Å². The van der Waals surface area contributed by atoms with Crippen molar-refractivity contribution in [1.82, 2.24) is 10.2 Å². The topological polar surface area (TPSA) is 15.3 Å². The van der Waals surface area contributed by atoms with Crippen LogP contribution in [0.15, 0.2) is 12.3 Å². The molecule has 0 amide bonds. The first-order chi connectivity index (χ1) is 4.27. The molecule has 0 saturated carbocycles. The molecule has 0 unspecified atom stereocenters. The Hall–Kier alpha value is -0.500. The SMILES string of the molecule is CC=CNCCN(C)C. The number of likely N-dealkylation sites (N-methyl/N-ethyl adjacent to an activating group) is 1. The zero-order valence-corrected chi connectivity index (χ0v) is 6.52. The van der Waals surface area contributed by atoms with E-state index in [0.29, 0.717) is 0 Å². The number of nitrogens with one attached hydrogen (secondary N) is 1. The lowest BCUT2D eigenvalue weighted by Gasteiger charge is -2.07. The van der Waals surface area contributed by atoms with Crippen molar-refractivity contribution >= 4 is 0 Å². The lowest BCUT2D eigenvalue weighted by atomic mass is 10.5. The van der Waals surface area contributed by atoms with Gasteiger partial charge in [-0.25, -0.2) is 0 Å². The van der Waals surface area contributed by atoms with Gasteiger partial charge in [0.05, 0.1) is 0 Å². The Kier molecular flexibility index (Phi) is 5.32. The Balaban J connectivity index is 2.91. The van der Waals surface area contributed by atoms with Gasteiger partial charge < -0.3 is 10.2 Å². The molecule has 0 aromatic heterocycles. The molecule has 0 aromatic rings. The van der Waals surface area contributed by atoms with Crippen LogP contribution in [0.1, 0.15) is 6.92 Å². The van der Waals surface area contributed by atoms with E-state index in [0.717, 1.165) is 13.1 Å². The molecule has 0 atom stereocenters. The second-order valence-corrected chi connectivity index (χ2v) is 2.26. The minimum absolute atomic E-state index is 1.03. The zero-order chi connectivity index (χ0) is 7.11. The molecular weight excluding hydrogens is 112 g/mol. The van der Waals surface area contributed by atoms with E-state index in [-0.39, 0.29) is 0 Å². The summed E-state index contributed by atoms with van der Waals surface area (Å²) in [5.41, 5.74) is 0. The van der Waals surface area contributed by atoms with Crippen LogP contribution in [0.2, 0.25) is 0 Å². The molecule has 0 aromatic carbocycles. The van der Waals surface area contributed by atoms with Gasteiger partial charge in [-0.05, 0) is 27.2 Å². The van der Waals surface area contributed by atoms with Gasteiger partial charge in [-0.3, -0.25) is 0 Å². The van der Waals surface area contributed by atoms with Crippen LogP contribution in [0.5, 0.6) is 0 Å². The standard InChI is InChI=1S/C7H16N2/c1-4-5-8-6-7-9(2)3/h4-5,8H,6-7H2,1-3H3. The van der Waals surface area contributed by atoms with Crippen molar-refractivity contribution in [1.29, 1.82) is 0 Å². The monoisotopic (exact) mass is 128 g/mol. The van der Waals surface area contributed by atoms with Gasteiger partial charge in [-0.15, -0.1) is 0 Å². The molecule has 0 spiro atoms. The van der Waals surface area contributed by atoms with Crippen molar-refractivity contribution in [2.45, 2.75) is 6.92 Å². The van der Waals surface area contributed by atoms with E-state index in [9.17, 15) is 0 Å². The van der Waals surface area contributed by atoms with Crippen molar-refractivity contribution in [3.8, 4) is 0 Å². The minimum Gasteiger partial charge on any atom is -0.390 e. The lowest BCUT2D eigenvalue weighted by Crippen LogP contribution is -2.23. The van der Waals surface area contributed by atoms with Crippen LogP contribution < -0.4 is 5.32 Å². The van der Waals surface area contributed by atoms with Gasteiger partial charge in [0.25, 0.3) is 0 Å². The third-order valence-electron chi connectivity index (χ3n) is 0.988. The summed E-state index contributed by atoms with van der Waals surface area (Å²) in [7, 11) is 4.13. The summed E-state index contributed by atoms with van der Waals surface area (Å²) >= 11 is 0. The molecule has 0 saturated heterocycles. The molecule has 0 radical (unpaired) electrons. The summed E-state index contributed by atoms with van der Waals surface area (Å²) in [6, 6.07) is 0. The summed E-state index contributed by atoms with van der Waals surface area (Å²) in [5.74, 6) is 0. The maximum atomic E-state index is 3.14. The van der Waals surface area contributed by atoms with Crippen molar-refractivity contribution < 1.29 is 0 Å². The highest BCUT2D eigenvalue weighted by Crippen LogP contribution is 1.70. The molecule has 9 heavy (non-hydrogen) atoms. The van der Waals surface area contributed by atoms with Crippen LogP contribution in [0.25, 0.3) is 0 Å². The fourth-order valence-corrected chi connectivity index (χ4v) is 0.489. The van der Waals surface area contributed by atoms with Crippen molar-refractivity contribution in [3.05, 3.63) is 12.3 Å². The Morgan fingerprint density at radius 3 is 2.56 bits per heavy atom. The van der Waals surface area contributed by atoms with Gasteiger partial charge in [0.1, 0.15) is 0 Å². The molecule has 54 valence electrons. The Labute approximate surface area is 57.5 Å². The number of nitrogens with zero attached hydrogens (tertiary/aromatic N) is 1. The Morgan fingerprint density at radius 1 is 1.44 bits per heavy atom. The summed E-state index contributed by atoms with van der Waals surface area (Å²) in [6.45, 7) is 4.12. The minimum atomic E-state index is 1.03. The van der Waals surface area contributed by atoms with Crippen LogP contribution in [0.3, 0.4) is 0 Å². The fourth-order valence-electron chi connectivity index (χ4n) is 0.489. The van der Waals surface area contributed by atoms with Gasteiger partial charge >= 0.3 is 0 Å². The van der Waals surface area contributed by atoms with Gasteiger partial charge in [-0.2, -0.15) is 0 Å². The van der Waals surface area contributed by atoms with E-state index in [4.69, 9.17) is 0 Å². The van der Waals surface area contributed by atoms with E-state index >= 15 is 0 Å². The fraction of sp³-hybridized carbons (Fsp3) is 0.714. The highest BCUT2D eigenvalue weighted by molar-refractivity contribution is 4.73. The highest BCUT2D eigenvalue weighted by Gasteiger charge is 1.83. The summed E-state index contributed by atoms with van der Waals surface area (Å²) in [4.78, 5) is 2.15.